The smallest absolute Gasteiger partial charge is 0.224 e. The van der Waals surface area contributed by atoms with Crippen LogP contribution in [0.25, 0.3) is 0 Å². The lowest BCUT2D eigenvalue weighted by Gasteiger charge is -2.10. The van der Waals surface area contributed by atoms with Gasteiger partial charge >= 0.3 is 0 Å². The molecular weight excluding hydrogens is 222 g/mol. The van der Waals surface area contributed by atoms with E-state index in [1.165, 1.54) is 0 Å². The largest absolute Gasteiger partial charge is 0.326 e. The minimum atomic E-state index is 0.0585. The fraction of sp³-hybridized carbons (Fsp3) is 0.462. The van der Waals surface area contributed by atoms with Crippen LogP contribution in [-0.2, 0) is 4.79 Å². The summed E-state index contributed by atoms with van der Waals surface area (Å²) >= 11 is 5.83. The highest BCUT2D eigenvalue weighted by Gasteiger charge is 2.08. The Labute approximate surface area is 102 Å². The molecule has 0 heterocycles. The van der Waals surface area contributed by atoms with Gasteiger partial charge in [0.25, 0.3) is 0 Å². The van der Waals surface area contributed by atoms with E-state index in [0.29, 0.717) is 17.4 Å². The topological polar surface area (TPSA) is 29.1 Å². The molecule has 0 saturated heterocycles. The monoisotopic (exact) mass is 239 g/mol. The molecule has 0 aliphatic heterocycles. The summed E-state index contributed by atoms with van der Waals surface area (Å²) in [5.41, 5.74) is 0.765. The molecule has 1 atom stereocenters. The molecule has 0 radical (unpaired) electrons. The third kappa shape index (κ3) is 4.67. The second-order valence-electron chi connectivity index (χ2n) is 4.16. The zero-order valence-corrected chi connectivity index (χ0v) is 10.6. The zero-order chi connectivity index (χ0) is 12.0. The summed E-state index contributed by atoms with van der Waals surface area (Å²) in [7, 11) is 0. The Balaban J connectivity index is 2.45. The molecule has 88 valence electrons. The first-order valence-corrected chi connectivity index (χ1v) is 6.05. The number of nitrogens with one attached hydrogen (secondary N) is 1. The number of carbonyl (C=O) groups is 1. The second-order valence-corrected chi connectivity index (χ2v) is 4.59. The van der Waals surface area contributed by atoms with Gasteiger partial charge in [-0.15, -0.1) is 0 Å². The van der Waals surface area contributed by atoms with Crippen LogP contribution in [0.3, 0.4) is 0 Å². The molecule has 1 unspecified atom stereocenters. The first kappa shape index (κ1) is 13.0. The Morgan fingerprint density at radius 1 is 1.50 bits per heavy atom. The van der Waals surface area contributed by atoms with Crippen LogP contribution in [0.1, 0.15) is 33.1 Å². The average Bonchev–Trinajstić information content (AvgIpc) is 2.17. The van der Waals surface area contributed by atoms with Crippen molar-refractivity contribution in [1.82, 2.24) is 0 Å². The second kappa shape index (κ2) is 6.54. The Bertz CT molecular complexity index is 352. The summed E-state index contributed by atoms with van der Waals surface area (Å²) in [6.07, 6.45) is 2.77. The fourth-order valence-corrected chi connectivity index (χ4v) is 1.88. The summed E-state index contributed by atoms with van der Waals surface area (Å²) in [4.78, 5) is 11.7. The first-order chi connectivity index (χ1) is 7.61. The molecule has 1 aromatic carbocycles. The molecule has 0 aromatic heterocycles. The Kier molecular flexibility index (Phi) is 5.33. The highest BCUT2D eigenvalue weighted by molar-refractivity contribution is 6.30. The van der Waals surface area contributed by atoms with Crippen LogP contribution in [0.5, 0.6) is 0 Å². The van der Waals surface area contributed by atoms with E-state index >= 15 is 0 Å². The molecule has 1 N–H and O–H groups in total. The van der Waals surface area contributed by atoms with Crippen molar-refractivity contribution >= 4 is 23.2 Å². The summed E-state index contributed by atoms with van der Waals surface area (Å²) in [5, 5.41) is 3.49. The van der Waals surface area contributed by atoms with Gasteiger partial charge in [0.15, 0.2) is 0 Å². The van der Waals surface area contributed by atoms with E-state index in [9.17, 15) is 4.79 Å². The van der Waals surface area contributed by atoms with E-state index in [1.807, 2.05) is 12.1 Å². The van der Waals surface area contributed by atoms with Gasteiger partial charge in [-0.1, -0.05) is 44.4 Å². The van der Waals surface area contributed by atoms with E-state index < -0.39 is 0 Å². The van der Waals surface area contributed by atoms with Crippen molar-refractivity contribution in [1.29, 1.82) is 0 Å². The van der Waals surface area contributed by atoms with Crippen molar-refractivity contribution < 1.29 is 4.79 Å². The predicted molar refractivity (Wildman–Crippen MR) is 68.8 cm³/mol. The summed E-state index contributed by atoms with van der Waals surface area (Å²) in [5.74, 6) is 0.493. The third-order valence-corrected chi connectivity index (χ3v) is 2.66. The maximum absolute atomic E-state index is 11.7. The Hall–Kier alpha value is -1.02. The molecule has 0 aliphatic rings. The lowest BCUT2D eigenvalue weighted by Crippen LogP contribution is -2.14. The number of rotatable bonds is 5. The van der Waals surface area contributed by atoms with Crippen LogP contribution in [0.4, 0.5) is 5.69 Å². The molecule has 0 saturated carbocycles. The molecule has 1 aromatic rings. The molecular formula is C13H18ClNO. The van der Waals surface area contributed by atoms with Crippen molar-refractivity contribution in [2.24, 2.45) is 5.92 Å². The van der Waals surface area contributed by atoms with Crippen LogP contribution in [0, 0.1) is 5.92 Å². The summed E-state index contributed by atoms with van der Waals surface area (Å²) in [6, 6.07) is 7.21. The van der Waals surface area contributed by atoms with E-state index in [2.05, 4.69) is 19.2 Å². The molecule has 0 bridgehead atoms. The van der Waals surface area contributed by atoms with Crippen molar-refractivity contribution in [3.05, 3.63) is 29.3 Å². The van der Waals surface area contributed by atoms with E-state index in [1.54, 1.807) is 12.1 Å². The molecule has 0 aliphatic carbocycles. The van der Waals surface area contributed by atoms with Crippen LogP contribution in [-0.4, -0.2) is 5.91 Å². The average molecular weight is 240 g/mol. The molecule has 16 heavy (non-hydrogen) atoms. The van der Waals surface area contributed by atoms with Crippen LogP contribution in [0.15, 0.2) is 24.3 Å². The van der Waals surface area contributed by atoms with E-state index in [-0.39, 0.29) is 5.91 Å². The third-order valence-electron chi connectivity index (χ3n) is 2.42. The van der Waals surface area contributed by atoms with Gasteiger partial charge in [-0.2, -0.15) is 0 Å². The van der Waals surface area contributed by atoms with Gasteiger partial charge < -0.3 is 5.32 Å². The van der Waals surface area contributed by atoms with Gasteiger partial charge in [-0.25, -0.2) is 0 Å². The normalized spacial score (nSPS) is 12.2. The minimum Gasteiger partial charge on any atom is -0.326 e. The number of hydrogen-bond acceptors (Lipinski definition) is 1. The summed E-state index contributed by atoms with van der Waals surface area (Å²) in [6.45, 7) is 4.23. The first-order valence-electron chi connectivity index (χ1n) is 5.67. The lowest BCUT2D eigenvalue weighted by atomic mass is 10.0. The van der Waals surface area contributed by atoms with Crippen molar-refractivity contribution in [3.63, 3.8) is 0 Å². The SMILES string of the molecule is CCCC(C)CC(=O)Nc1cccc(Cl)c1. The quantitative estimate of drug-likeness (QED) is 0.823. The van der Waals surface area contributed by atoms with Crippen LogP contribution < -0.4 is 5.32 Å². The maximum atomic E-state index is 11.7. The number of halogens is 1. The van der Waals surface area contributed by atoms with E-state index in [4.69, 9.17) is 11.6 Å². The van der Waals surface area contributed by atoms with Gasteiger partial charge in [-0.05, 0) is 24.1 Å². The number of carbonyl (C=O) groups excluding carboxylic acids is 1. The van der Waals surface area contributed by atoms with Crippen molar-refractivity contribution in [2.45, 2.75) is 33.1 Å². The van der Waals surface area contributed by atoms with Gasteiger partial charge in [0.2, 0.25) is 5.91 Å². The molecule has 0 spiro atoms. The fourth-order valence-electron chi connectivity index (χ4n) is 1.69. The Morgan fingerprint density at radius 3 is 2.88 bits per heavy atom. The maximum Gasteiger partial charge on any atom is 0.224 e. The number of hydrogen-bond donors (Lipinski definition) is 1. The Morgan fingerprint density at radius 2 is 2.25 bits per heavy atom. The van der Waals surface area contributed by atoms with Crippen molar-refractivity contribution in [2.75, 3.05) is 5.32 Å². The predicted octanol–water partition coefficient (Wildman–Crippen LogP) is 4.10. The molecule has 1 amide bonds. The molecule has 3 heteroatoms. The number of anilines is 1. The van der Waals surface area contributed by atoms with Gasteiger partial charge in [0, 0.05) is 17.1 Å². The number of benzene rings is 1. The molecule has 2 nitrogen and oxygen atoms in total. The standard InChI is InChI=1S/C13H18ClNO/c1-3-5-10(2)8-13(16)15-12-7-4-6-11(14)9-12/h4,6-7,9-10H,3,5,8H2,1-2H3,(H,15,16). The van der Waals surface area contributed by atoms with Crippen molar-refractivity contribution in [3.8, 4) is 0 Å². The van der Waals surface area contributed by atoms with Gasteiger partial charge in [0.05, 0.1) is 0 Å². The lowest BCUT2D eigenvalue weighted by molar-refractivity contribution is -0.117. The minimum absolute atomic E-state index is 0.0585. The number of amides is 1. The zero-order valence-electron chi connectivity index (χ0n) is 9.79. The molecule has 1 rings (SSSR count). The van der Waals surface area contributed by atoms with Gasteiger partial charge in [0.1, 0.15) is 0 Å². The summed E-state index contributed by atoms with van der Waals surface area (Å²) < 4.78 is 0. The molecule has 0 fully saturated rings. The van der Waals surface area contributed by atoms with Crippen LogP contribution in [0.2, 0.25) is 5.02 Å². The van der Waals surface area contributed by atoms with Gasteiger partial charge in [-0.3, -0.25) is 4.79 Å². The van der Waals surface area contributed by atoms with E-state index in [0.717, 1.165) is 18.5 Å². The van der Waals surface area contributed by atoms with Crippen LogP contribution >= 0.6 is 11.6 Å². The highest BCUT2D eigenvalue weighted by Crippen LogP contribution is 2.16. The highest BCUT2D eigenvalue weighted by atomic mass is 35.5.